The number of aromatic nitrogens is 2. The normalized spacial score (nSPS) is 18.2. The Balaban J connectivity index is 1.56. The van der Waals surface area contributed by atoms with Gasteiger partial charge in [-0.15, -0.1) is 10.2 Å². The molecule has 2 aliphatic rings. The second-order valence-electron chi connectivity index (χ2n) is 7.08. The third-order valence-electron chi connectivity index (χ3n) is 5.29. The van der Waals surface area contributed by atoms with Crippen molar-refractivity contribution >= 4 is 29.6 Å². The first-order valence-corrected chi connectivity index (χ1v) is 9.51. The van der Waals surface area contributed by atoms with Crippen LogP contribution in [0.2, 0.25) is 0 Å². The Kier molecular flexibility index (Phi) is 4.90. The molecule has 0 spiro atoms. The molecule has 0 aliphatic carbocycles. The molecular weight excluding hydrogens is 390 g/mol. The number of carbonyl (C=O) groups excluding carboxylic acids is 3. The molecule has 2 aliphatic heterocycles. The minimum Gasteiger partial charge on any atom is -0.465 e. The van der Waals surface area contributed by atoms with Gasteiger partial charge in [-0.25, -0.2) is 4.79 Å². The first kappa shape index (κ1) is 19.5. The predicted octanol–water partition coefficient (Wildman–Crippen LogP) is 1.41. The maximum absolute atomic E-state index is 12.8. The molecule has 10 heteroatoms. The van der Waals surface area contributed by atoms with E-state index in [4.69, 9.17) is 0 Å². The molecule has 0 radical (unpaired) electrons. The summed E-state index contributed by atoms with van der Waals surface area (Å²) in [6.45, 7) is 2.22. The fourth-order valence-corrected chi connectivity index (χ4v) is 3.75. The number of carboxylic acid groups (broad SMARTS) is 1. The molecule has 1 atom stereocenters. The summed E-state index contributed by atoms with van der Waals surface area (Å²) in [5, 5.41) is 19.6. The average Bonchev–Trinajstić information content (AvgIpc) is 3.04. The molecule has 0 saturated carbocycles. The van der Waals surface area contributed by atoms with Crippen LogP contribution in [0.1, 0.15) is 35.7 Å². The fraction of sp³-hybridized carbons (Fsp3) is 0.300. The summed E-state index contributed by atoms with van der Waals surface area (Å²) >= 11 is 0. The van der Waals surface area contributed by atoms with Gasteiger partial charge in [0, 0.05) is 30.6 Å². The van der Waals surface area contributed by atoms with Gasteiger partial charge in [0.15, 0.2) is 5.82 Å². The summed E-state index contributed by atoms with van der Waals surface area (Å²) < 4.78 is 0. The summed E-state index contributed by atoms with van der Waals surface area (Å²) in [5.41, 5.74) is 2.53. The molecule has 3 heterocycles. The molecular formula is C20H19N5O5. The van der Waals surface area contributed by atoms with E-state index in [-0.39, 0.29) is 37.1 Å². The second-order valence-corrected chi connectivity index (χ2v) is 7.08. The van der Waals surface area contributed by atoms with E-state index >= 15 is 0 Å². The van der Waals surface area contributed by atoms with E-state index in [1.165, 1.54) is 4.90 Å². The minimum atomic E-state index is -1.11. The number of nitrogens with zero attached hydrogens (tertiary/aromatic N) is 4. The summed E-state index contributed by atoms with van der Waals surface area (Å²) in [5.74, 6) is -0.788. The van der Waals surface area contributed by atoms with Gasteiger partial charge in [-0.1, -0.05) is 6.07 Å². The molecule has 1 saturated heterocycles. The smallest absolute Gasteiger partial charge is 0.413 e. The summed E-state index contributed by atoms with van der Waals surface area (Å²) in [6, 6.07) is 7.82. The number of amides is 4. The van der Waals surface area contributed by atoms with Crippen molar-refractivity contribution in [1.29, 1.82) is 0 Å². The molecule has 1 aromatic heterocycles. The van der Waals surface area contributed by atoms with Gasteiger partial charge in [-0.05, 0) is 43.2 Å². The van der Waals surface area contributed by atoms with Crippen LogP contribution in [0, 0.1) is 0 Å². The maximum Gasteiger partial charge on any atom is 0.413 e. The van der Waals surface area contributed by atoms with E-state index in [0.717, 1.165) is 16.0 Å². The van der Waals surface area contributed by atoms with Crippen LogP contribution in [0.5, 0.6) is 0 Å². The highest BCUT2D eigenvalue weighted by Crippen LogP contribution is 2.30. The standard InChI is InChI=1S/C20H19N5O5/c1-2-24(20(29)30)16-7-5-14(22-23-16)11-3-4-13-12(9-11)10-25(19(13)28)15-6-8-17(26)21-18(15)27/h3-5,7,9,15H,2,6,8,10H2,1H3,(H,29,30)(H,21,26,27). The molecule has 4 amide bonds. The second kappa shape index (κ2) is 7.54. The fourth-order valence-electron chi connectivity index (χ4n) is 3.75. The highest BCUT2D eigenvalue weighted by molar-refractivity contribution is 6.05. The van der Waals surface area contributed by atoms with Crippen molar-refractivity contribution in [2.75, 3.05) is 11.4 Å². The van der Waals surface area contributed by atoms with E-state index in [0.29, 0.717) is 17.7 Å². The Labute approximate surface area is 171 Å². The van der Waals surface area contributed by atoms with Crippen LogP contribution in [-0.2, 0) is 16.1 Å². The molecule has 1 unspecified atom stereocenters. The van der Waals surface area contributed by atoms with Crippen molar-refractivity contribution in [2.45, 2.75) is 32.4 Å². The van der Waals surface area contributed by atoms with Gasteiger partial charge in [0.1, 0.15) is 6.04 Å². The Bertz CT molecular complexity index is 1050. The van der Waals surface area contributed by atoms with Gasteiger partial charge in [0.2, 0.25) is 11.8 Å². The van der Waals surface area contributed by atoms with E-state index in [1.807, 2.05) is 6.07 Å². The molecule has 1 fully saturated rings. The highest BCUT2D eigenvalue weighted by atomic mass is 16.4. The Hall–Kier alpha value is -3.82. The molecule has 1 aromatic carbocycles. The summed E-state index contributed by atoms with van der Waals surface area (Å²) in [4.78, 5) is 50.1. The number of rotatable bonds is 4. The molecule has 10 nitrogen and oxygen atoms in total. The molecule has 30 heavy (non-hydrogen) atoms. The van der Waals surface area contributed by atoms with Gasteiger partial charge in [0.25, 0.3) is 5.91 Å². The van der Waals surface area contributed by atoms with Crippen LogP contribution in [-0.4, -0.2) is 56.6 Å². The topological polar surface area (TPSA) is 133 Å². The first-order valence-electron chi connectivity index (χ1n) is 9.51. The number of piperidine rings is 1. The number of anilines is 1. The van der Waals surface area contributed by atoms with Gasteiger partial charge in [-0.3, -0.25) is 24.6 Å². The van der Waals surface area contributed by atoms with Crippen LogP contribution in [0.15, 0.2) is 30.3 Å². The lowest BCUT2D eigenvalue weighted by atomic mass is 10.0. The summed E-state index contributed by atoms with van der Waals surface area (Å²) in [6.07, 6.45) is -0.597. The third-order valence-corrected chi connectivity index (χ3v) is 5.29. The zero-order valence-electron chi connectivity index (χ0n) is 16.2. The Morgan fingerprint density at radius 1 is 1.23 bits per heavy atom. The Morgan fingerprint density at radius 2 is 2.03 bits per heavy atom. The van der Waals surface area contributed by atoms with Crippen molar-refractivity contribution in [3.8, 4) is 11.3 Å². The van der Waals surface area contributed by atoms with Gasteiger partial charge >= 0.3 is 6.09 Å². The number of hydrogen-bond acceptors (Lipinski definition) is 6. The number of imide groups is 1. The van der Waals surface area contributed by atoms with Crippen LogP contribution < -0.4 is 10.2 Å². The van der Waals surface area contributed by atoms with E-state index in [2.05, 4.69) is 15.5 Å². The van der Waals surface area contributed by atoms with Crippen molar-refractivity contribution in [3.63, 3.8) is 0 Å². The van der Waals surface area contributed by atoms with Gasteiger partial charge < -0.3 is 10.0 Å². The quantitative estimate of drug-likeness (QED) is 0.730. The summed E-state index contributed by atoms with van der Waals surface area (Å²) in [7, 11) is 0. The van der Waals surface area contributed by atoms with Gasteiger partial charge in [0.05, 0.1) is 5.69 Å². The van der Waals surface area contributed by atoms with Crippen molar-refractivity contribution in [3.05, 3.63) is 41.5 Å². The number of benzene rings is 1. The highest BCUT2D eigenvalue weighted by Gasteiger charge is 2.39. The predicted molar refractivity (Wildman–Crippen MR) is 105 cm³/mol. The largest absolute Gasteiger partial charge is 0.465 e. The van der Waals surface area contributed by atoms with E-state index < -0.39 is 18.0 Å². The molecule has 4 rings (SSSR count). The maximum atomic E-state index is 12.8. The molecule has 154 valence electrons. The van der Waals surface area contributed by atoms with Gasteiger partial charge in [-0.2, -0.15) is 0 Å². The van der Waals surface area contributed by atoms with Crippen LogP contribution in [0.4, 0.5) is 10.6 Å². The lowest BCUT2D eigenvalue weighted by Gasteiger charge is -2.29. The average molecular weight is 409 g/mol. The van der Waals surface area contributed by atoms with Crippen molar-refractivity contribution in [2.24, 2.45) is 0 Å². The first-order chi connectivity index (χ1) is 14.4. The van der Waals surface area contributed by atoms with Crippen LogP contribution >= 0.6 is 0 Å². The van der Waals surface area contributed by atoms with E-state index in [1.54, 1.807) is 31.2 Å². The molecule has 2 aromatic rings. The number of fused-ring (bicyclic) bond motifs is 1. The zero-order valence-corrected chi connectivity index (χ0v) is 16.2. The Morgan fingerprint density at radius 3 is 2.67 bits per heavy atom. The minimum absolute atomic E-state index is 0.203. The third kappa shape index (κ3) is 3.36. The number of carbonyl (C=O) groups is 4. The van der Waals surface area contributed by atoms with Crippen LogP contribution in [0.3, 0.4) is 0 Å². The lowest BCUT2D eigenvalue weighted by molar-refractivity contribution is -0.136. The van der Waals surface area contributed by atoms with Crippen molar-refractivity contribution < 1.29 is 24.3 Å². The van der Waals surface area contributed by atoms with Crippen molar-refractivity contribution in [1.82, 2.24) is 20.4 Å². The number of nitrogens with one attached hydrogen (secondary N) is 1. The number of hydrogen-bond donors (Lipinski definition) is 2. The zero-order chi connectivity index (χ0) is 21.4. The lowest BCUT2D eigenvalue weighted by Crippen LogP contribution is -2.52. The van der Waals surface area contributed by atoms with E-state index in [9.17, 15) is 24.3 Å². The molecule has 2 N–H and O–H groups in total. The van der Waals surface area contributed by atoms with Crippen LogP contribution in [0.25, 0.3) is 11.3 Å². The monoisotopic (exact) mass is 409 g/mol. The SMILES string of the molecule is CCN(C(=O)O)c1ccc(-c2ccc3c(c2)CN(C2CCC(=O)NC2=O)C3=O)nn1. The molecule has 0 bridgehead atoms.